The van der Waals surface area contributed by atoms with E-state index >= 15 is 0 Å². The number of hydrogen-bond acceptors (Lipinski definition) is 5. The van der Waals surface area contributed by atoms with Gasteiger partial charge in [0, 0.05) is 12.6 Å². The zero-order chi connectivity index (χ0) is 11.2. The summed E-state index contributed by atoms with van der Waals surface area (Å²) in [6.45, 7) is 4.05. The molecule has 0 saturated carbocycles. The molecule has 2 rings (SSSR count). The summed E-state index contributed by atoms with van der Waals surface area (Å²) in [5.41, 5.74) is 2.50. The molecule has 3 N–H and O–H groups in total. The second-order valence-corrected chi connectivity index (χ2v) is 3.90. The maximum atomic E-state index is 5.56. The van der Waals surface area contributed by atoms with Crippen molar-refractivity contribution in [1.29, 1.82) is 0 Å². The number of rotatable bonds is 5. The first-order valence-corrected chi connectivity index (χ1v) is 5.67. The third-order valence-electron chi connectivity index (χ3n) is 2.73. The molecule has 1 fully saturated rings. The van der Waals surface area contributed by atoms with Crippen molar-refractivity contribution in [2.45, 2.75) is 12.8 Å². The molecule has 1 aliphatic rings. The first-order chi connectivity index (χ1) is 7.88. The molecule has 0 aromatic carbocycles. The summed E-state index contributed by atoms with van der Waals surface area (Å²) in [6, 6.07) is 5.51. The minimum Gasteiger partial charge on any atom is -0.476 e. The summed E-state index contributed by atoms with van der Waals surface area (Å²) < 4.78 is 5.56. The molecule has 1 aromatic rings. The number of aromatic nitrogens is 1. The Bertz CT molecular complexity index is 326. The van der Waals surface area contributed by atoms with E-state index in [4.69, 9.17) is 10.6 Å². The van der Waals surface area contributed by atoms with Gasteiger partial charge in [-0.1, -0.05) is 6.07 Å². The van der Waals surface area contributed by atoms with Crippen molar-refractivity contribution in [3.63, 3.8) is 0 Å². The zero-order valence-corrected chi connectivity index (χ0v) is 9.35. The summed E-state index contributed by atoms with van der Waals surface area (Å²) in [6.07, 6.45) is 2.62. The summed E-state index contributed by atoms with van der Waals surface area (Å²) >= 11 is 0. The Hall–Kier alpha value is -1.33. The number of nitrogen functional groups attached to an aromatic ring is 1. The fourth-order valence-electron chi connectivity index (χ4n) is 1.86. The normalized spacial score (nSPS) is 16.3. The quantitative estimate of drug-likeness (QED) is 0.571. The Kier molecular flexibility index (Phi) is 3.96. The highest BCUT2D eigenvalue weighted by Gasteiger charge is 2.10. The van der Waals surface area contributed by atoms with Crippen LogP contribution in [0.25, 0.3) is 0 Å². The lowest BCUT2D eigenvalue weighted by molar-refractivity contribution is 0.232. The van der Waals surface area contributed by atoms with Gasteiger partial charge in [-0.3, -0.25) is 4.90 Å². The topological polar surface area (TPSA) is 63.4 Å². The van der Waals surface area contributed by atoms with E-state index in [1.54, 1.807) is 6.07 Å². The Morgan fingerprint density at radius 1 is 1.38 bits per heavy atom. The van der Waals surface area contributed by atoms with Crippen LogP contribution in [0.3, 0.4) is 0 Å². The minimum atomic E-state index is 0.620. The highest BCUT2D eigenvalue weighted by molar-refractivity contribution is 5.35. The summed E-state index contributed by atoms with van der Waals surface area (Å²) in [5, 5.41) is 0. The van der Waals surface area contributed by atoms with E-state index in [0.29, 0.717) is 18.3 Å². The smallest absolute Gasteiger partial charge is 0.215 e. The number of nitrogens with one attached hydrogen (secondary N) is 1. The van der Waals surface area contributed by atoms with Gasteiger partial charge in [0.05, 0.1) is 0 Å². The number of likely N-dealkylation sites (tertiary alicyclic amines) is 1. The standard InChI is InChI=1S/C11H18N4O/c12-14-10-4-3-5-11(13-10)16-9-8-15-6-1-2-7-15/h3-5H,1-2,6-9,12H2,(H,13,14). The van der Waals surface area contributed by atoms with Crippen molar-refractivity contribution in [3.8, 4) is 5.88 Å². The van der Waals surface area contributed by atoms with Gasteiger partial charge < -0.3 is 10.2 Å². The van der Waals surface area contributed by atoms with E-state index in [2.05, 4.69) is 15.3 Å². The second kappa shape index (κ2) is 5.67. The van der Waals surface area contributed by atoms with E-state index in [1.807, 2.05) is 12.1 Å². The van der Waals surface area contributed by atoms with Crippen molar-refractivity contribution >= 4 is 5.82 Å². The molecule has 2 heterocycles. The third-order valence-corrected chi connectivity index (χ3v) is 2.73. The van der Waals surface area contributed by atoms with Gasteiger partial charge in [0.1, 0.15) is 12.4 Å². The summed E-state index contributed by atoms with van der Waals surface area (Å²) in [7, 11) is 0. The van der Waals surface area contributed by atoms with E-state index < -0.39 is 0 Å². The lowest BCUT2D eigenvalue weighted by Crippen LogP contribution is -2.25. The fourth-order valence-corrected chi connectivity index (χ4v) is 1.86. The van der Waals surface area contributed by atoms with Crippen LogP contribution in [-0.2, 0) is 0 Å². The van der Waals surface area contributed by atoms with Crippen molar-refractivity contribution in [1.82, 2.24) is 9.88 Å². The molecule has 0 amide bonds. The van der Waals surface area contributed by atoms with Crippen LogP contribution in [0.5, 0.6) is 5.88 Å². The largest absolute Gasteiger partial charge is 0.476 e. The number of nitrogens with two attached hydrogens (primary N) is 1. The Morgan fingerprint density at radius 2 is 2.19 bits per heavy atom. The van der Waals surface area contributed by atoms with Gasteiger partial charge in [-0.05, 0) is 32.0 Å². The molecule has 1 aliphatic heterocycles. The molecule has 0 bridgehead atoms. The number of hydrazine groups is 1. The van der Waals surface area contributed by atoms with Crippen LogP contribution in [-0.4, -0.2) is 36.1 Å². The van der Waals surface area contributed by atoms with E-state index in [0.717, 1.165) is 6.54 Å². The third kappa shape index (κ3) is 3.08. The molecular formula is C11H18N4O. The van der Waals surface area contributed by atoms with Gasteiger partial charge in [-0.25, -0.2) is 5.84 Å². The van der Waals surface area contributed by atoms with Crippen LogP contribution in [0, 0.1) is 0 Å². The van der Waals surface area contributed by atoms with Crippen LogP contribution < -0.4 is 16.0 Å². The minimum absolute atomic E-state index is 0.620. The fraction of sp³-hybridized carbons (Fsp3) is 0.545. The monoisotopic (exact) mass is 222 g/mol. The van der Waals surface area contributed by atoms with E-state index in [1.165, 1.54) is 25.9 Å². The first-order valence-electron chi connectivity index (χ1n) is 5.67. The van der Waals surface area contributed by atoms with Gasteiger partial charge in [-0.2, -0.15) is 4.98 Å². The molecule has 0 aliphatic carbocycles. The van der Waals surface area contributed by atoms with Crippen LogP contribution in [0.4, 0.5) is 5.82 Å². The Labute approximate surface area is 95.6 Å². The Balaban J connectivity index is 1.75. The molecule has 5 heteroatoms. The van der Waals surface area contributed by atoms with Gasteiger partial charge in [0.25, 0.3) is 0 Å². The highest BCUT2D eigenvalue weighted by Crippen LogP contribution is 2.11. The average Bonchev–Trinajstić information content (AvgIpc) is 2.82. The molecule has 0 unspecified atom stereocenters. The number of ether oxygens (including phenoxy) is 1. The molecule has 0 spiro atoms. The molecule has 5 nitrogen and oxygen atoms in total. The van der Waals surface area contributed by atoms with Crippen LogP contribution in [0.15, 0.2) is 18.2 Å². The SMILES string of the molecule is NNc1cccc(OCCN2CCCC2)n1. The van der Waals surface area contributed by atoms with Gasteiger partial charge in [0.15, 0.2) is 0 Å². The maximum absolute atomic E-state index is 5.56. The summed E-state index contributed by atoms with van der Waals surface area (Å²) in [5.74, 6) is 6.51. The first kappa shape index (κ1) is 11.2. The Morgan fingerprint density at radius 3 is 2.94 bits per heavy atom. The van der Waals surface area contributed by atoms with Crippen LogP contribution >= 0.6 is 0 Å². The number of nitrogens with zero attached hydrogens (tertiary/aromatic N) is 2. The van der Waals surface area contributed by atoms with Crippen molar-refractivity contribution in [3.05, 3.63) is 18.2 Å². The van der Waals surface area contributed by atoms with Gasteiger partial charge in [0.2, 0.25) is 5.88 Å². The van der Waals surface area contributed by atoms with Crippen molar-refractivity contribution < 1.29 is 4.74 Å². The molecule has 16 heavy (non-hydrogen) atoms. The molecule has 1 aromatic heterocycles. The lowest BCUT2D eigenvalue weighted by Gasteiger charge is -2.14. The number of pyridine rings is 1. The van der Waals surface area contributed by atoms with Crippen molar-refractivity contribution in [2.75, 3.05) is 31.7 Å². The zero-order valence-electron chi connectivity index (χ0n) is 9.35. The number of anilines is 1. The average molecular weight is 222 g/mol. The molecule has 1 saturated heterocycles. The predicted molar refractivity (Wildman–Crippen MR) is 63.2 cm³/mol. The second-order valence-electron chi connectivity index (χ2n) is 3.90. The van der Waals surface area contributed by atoms with Gasteiger partial charge in [-0.15, -0.1) is 0 Å². The van der Waals surface area contributed by atoms with Crippen LogP contribution in [0.2, 0.25) is 0 Å². The predicted octanol–water partition coefficient (Wildman–Crippen LogP) is 0.842. The lowest BCUT2D eigenvalue weighted by atomic mass is 10.4. The van der Waals surface area contributed by atoms with Crippen LogP contribution in [0.1, 0.15) is 12.8 Å². The molecule has 0 atom stereocenters. The number of hydrogen-bond donors (Lipinski definition) is 2. The highest BCUT2D eigenvalue weighted by atomic mass is 16.5. The molecule has 0 radical (unpaired) electrons. The van der Waals surface area contributed by atoms with E-state index in [9.17, 15) is 0 Å². The van der Waals surface area contributed by atoms with Crippen molar-refractivity contribution in [2.24, 2.45) is 5.84 Å². The van der Waals surface area contributed by atoms with Gasteiger partial charge >= 0.3 is 0 Å². The molecule has 88 valence electrons. The van der Waals surface area contributed by atoms with E-state index in [-0.39, 0.29) is 0 Å². The summed E-state index contributed by atoms with van der Waals surface area (Å²) in [4.78, 5) is 6.59. The molecular weight excluding hydrogens is 204 g/mol. The maximum Gasteiger partial charge on any atom is 0.215 e.